The van der Waals surface area contributed by atoms with Gasteiger partial charge in [0.2, 0.25) is 0 Å². The number of ether oxygens (including phenoxy) is 2. The molecule has 2 rings (SSSR count). The minimum absolute atomic E-state index is 0.126. The average molecular weight is 664 g/mol. The van der Waals surface area contributed by atoms with Crippen LogP contribution < -0.4 is 4.18 Å². The smallest absolute Gasteiger partial charge is 0.460 e. The lowest BCUT2D eigenvalue weighted by Crippen LogP contribution is -2.63. The van der Waals surface area contributed by atoms with Crippen molar-refractivity contribution < 1.29 is 84.3 Å². The number of alkyl halides is 12. The molecule has 43 heavy (non-hydrogen) atoms. The summed E-state index contributed by atoms with van der Waals surface area (Å²) < 4.78 is 198. The summed E-state index contributed by atoms with van der Waals surface area (Å²) in [6, 6.07) is 2.29. The van der Waals surface area contributed by atoms with Crippen molar-refractivity contribution in [2.75, 3.05) is 13.2 Å². The van der Waals surface area contributed by atoms with E-state index in [0.717, 1.165) is 0 Å². The summed E-state index contributed by atoms with van der Waals surface area (Å²) >= 11 is 0. The molecule has 7 nitrogen and oxygen atoms in total. The molecular weight excluding hydrogens is 648 g/mol. The number of hydrogen-bond acceptors (Lipinski definition) is 7. The highest BCUT2D eigenvalue weighted by Crippen LogP contribution is 2.55. The van der Waals surface area contributed by atoms with Crippen LogP contribution in [0.3, 0.4) is 0 Å². The average Bonchev–Trinajstić information content (AvgIpc) is 2.86. The standard InChI is InChI=1S/C23H16F12O7S/c1-3-40-17(36)12-9-14(18(37)41-4-2)16(11-5-7-13(8-6-11)19(24,25)26)15(10-12)42-43(38,39)23(34,35)21(29,30)20(27,28)22(31,32)33/h5-10H,3-4H2,1-2H3. The van der Waals surface area contributed by atoms with Gasteiger partial charge in [0.05, 0.1) is 29.9 Å². The third-order valence-electron chi connectivity index (χ3n) is 5.24. The number of carbonyl (C=O) groups excluding carboxylic acids is 2. The molecule has 2 aromatic carbocycles. The predicted molar refractivity (Wildman–Crippen MR) is 119 cm³/mol. The molecule has 20 heteroatoms. The minimum atomic E-state index is -7.71. The Kier molecular flexibility index (Phi) is 9.70. The van der Waals surface area contributed by atoms with Gasteiger partial charge in [0.1, 0.15) is 0 Å². The Morgan fingerprint density at radius 2 is 1.21 bits per heavy atom. The topological polar surface area (TPSA) is 96.0 Å². The Bertz CT molecular complexity index is 1470. The van der Waals surface area contributed by atoms with Gasteiger partial charge >= 0.3 is 51.5 Å². The molecule has 0 saturated carbocycles. The lowest BCUT2D eigenvalue weighted by Gasteiger charge is -2.32. The third-order valence-corrected chi connectivity index (χ3v) is 6.52. The van der Waals surface area contributed by atoms with Crippen LogP contribution in [0.15, 0.2) is 36.4 Å². The number of benzene rings is 2. The van der Waals surface area contributed by atoms with Gasteiger partial charge in [-0.15, -0.1) is 0 Å². The fourth-order valence-electron chi connectivity index (χ4n) is 3.20. The molecule has 0 aromatic heterocycles. The second-order valence-electron chi connectivity index (χ2n) is 8.11. The van der Waals surface area contributed by atoms with Crippen molar-refractivity contribution in [2.45, 2.75) is 43.3 Å². The van der Waals surface area contributed by atoms with E-state index in [2.05, 4.69) is 13.7 Å². The van der Waals surface area contributed by atoms with Gasteiger partial charge in [0, 0.05) is 5.56 Å². The van der Waals surface area contributed by atoms with Crippen molar-refractivity contribution in [3.8, 4) is 16.9 Å². The highest BCUT2D eigenvalue weighted by molar-refractivity contribution is 7.88. The van der Waals surface area contributed by atoms with Gasteiger partial charge < -0.3 is 13.7 Å². The van der Waals surface area contributed by atoms with Gasteiger partial charge in [-0.3, -0.25) is 0 Å². The summed E-state index contributed by atoms with van der Waals surface area (Å²) in [6.07, 6.45) is -12.4. The van der Waals surface area contributed by atoms with Crippen molar-refractivity contribution in [1.29, 1.82) is 0 Å². The Hall–Kier alpha value is -3.71. The maximum atomic E-state index is 14.4. The maximum absolute atomic E-state index is 14.4. The molecule has 2 aromatic rings. The van der Waals surface area contributed by atoms with Gasteiger partial charge in [-0.05, 0) is 43.7 Å². The van der Waals surface area contributed by atoms with Crippen LogP contribution in [-0.2, 0) is 25.8 Å². The molecule has 0 fully saturated rings. The molecule has 0 radical (unpaired) electrons. The number of esters is 2. The van der Waals surface area contributed by atoms with E-state index in [-0.39, 0.29) is 6.07 Å². The molecule has 0 bridgehead atoms. The number of rotatable bonds is 10. The molecule has 0 N–H and O–H groups in total. The fourth-order valence-corrected chi connectivity index (χ4v) is 4.11. The van der Waals surface area contributed by atoms with Crippen LogP contribution in [0.4, 0.5) is 52.7 Å². The van der Waals surface area contributed by atoms with Crippen molar-refractivity contribution >= 4 is 22.1 Å². The van der Waals surface area contributed by atoms with Gasteiger partial charge in [-0.1, -0.05) is 12.1 Å². The van der Waals surface area contributed by atoms with Gasteiger partial charge in [0.25, 0.3) is 0 Å². The van der Waals surface area contributed by atoms with Crippen molar-refractivity contribution in [3.05, 3.63) is 53.1 Å². The third kappa shape index (κ3) is 6.62. The molecule has 0 heterocycles. The number of halogens is 12. The zero-order valence-corrected chi connectivity index (χ0v) is 22.0. The van der Waals surface area contributed by atoms with Crippen molar-refractivity contribution in [1.82, 2.24) is 0 Å². The first-order valence-corrected chi connectivity index (χ1v) is 12.6. The normalized spacial score (nSPS) is 13.4. The monoisotopic (exact) mass is 664 g/mol. The molecule has 0 aliphatic carbocycles. The Morgan fingerprint density at radius 1 is 0.721 bits per heavy atom. The summed E-state index contributed by atoms with van der Waals surface area (Å²) in [5.41, 5.74) is -5.19. The zero-order valence-electron chi connectivity index (χ0n) is 21.2. The van der Waals surface area contributed by atoms with Crippen LogP contribution >= 0.6 is 0 Å². The summed E-state index contributed by atoms with van der Waals surface area (Å²) in [6.45, 7) is 1.54. The summed E-state index contributed by atoms with van der Waals surface area (Å²) in [4.78, 5) is 25.0. The summed E-state index contributed by atoms with van der Waals surface area (Å²) in [5, 5.41) is -7.36. The number of hydrogen-bond donors (Lipinski definition) is 0. The Morgan fingerprint density at radius 3 is 1.65 bits per heavy atom. The van der Waals surface area contributed by atoms with E-state index < -0.39 is 98.3 Å². The SMILES string of the molecule is CCOC(=O)c1cc(OS(=O)(=O)C(F)(F)C(F)(F)C(F)(F)C(F)(F)F)c(-c2ccc(C(F)(F)F)cc2)c(C(=O)OCC)c1. The van der Waals surface area contributed by atoms with Crippen LogP contribution in [-0.4, -0.2) is 56.8 Å². The lowest BCUT2D eigenvalue weighted by atomic mass is 9.95. The Labute approximate surface area is 233 Å². The molecule has 0 spiro atoms. The number of carbonyl (C=O) groups is 2. The lowest BCUT2D eigenvalue weighted by molar-refractivity contribution is -0.382. The highest BCUT2D eigenvalue weighted by atomic mass is 32.2. The van der Waals surface area contributed by atoms with Crippen LogP contribution in [0, 0.1) is 0 Å². The summed E-state index contributed by atoms with van der Waals surface area (Å²) in [5.74, 6) is -20.1. The molecule has 0 saturated heterocycles. The fraction of sp³-hybridized carbons (Fsp3) is 0.391. The highest BCUT2D eigenvalue weighted by Gasteiger charge is 2.86. The molecule has 0 aliphatic heterocycles. The summed E-state index contributed by atoms with van der Waals surface area (Å²) in [7, 11) is -7.63. The van der Waals surface area contributed by atoms with Crippen LogP contribution in [0.2, 0.25) is 0 Å². The molecule has 240 valence electrons. The van der Waals surface area contributed by atoms with Crippen molar-refractivity contribution in [2.24, 2.45) is 0 Å². The first-order chi connectivity index (χ1) is 19.4. The molecule has 0 aliphatic rings. The van der Waals surface area contributed by atoms with E-state index in [1.807, 2.05) is 0 Å². The first-order valence-electron chi connectivity index (χ1n) is 11.2. The Balaban J connectivity index is 2.95. The van der Waals surface area contributed by atoms with Gasteiger partial charge in [-0.2, -0.15) is 61.1 Å². The zero-order chi connectivity index (χ0) is 33.4. The van der Waals surface area contributed by atoms with Gasteiger partial charge in [0.15, 0.2) is 5.75 Å². The first kappa shape index (κ1) is 35.5. The van der Waals surface area contributed by atoms with E-state index in [4.69, 9.17) is 0 Å². The van der Waals surface area contributed by atoms with E-state index in [1.165, 1.54) is 13.8 Å². The second kappa shape index (κ2) is 11.8. The van der Waals surface area contributed by atoms with E-state index in [9.17, 15) is 70.7 Å². The molecule has 0 amide bonds. The molecule has 0 atom stereocenters. The van der Waals surface area contributed by atoms with Crippen molar-refractivity contribution in [3.63, 3.8) is 0 Å². The second-order valence-corrected chi connectivity index (χ2v) is 9.70. The minimum Gasteiger partial charge on any atom is -0.462 e. The maximum Gasteiger partial charge on any atom is 0.460 e. The molecule has 0 unspecified atom stereocenters. The van der Waals surface area contributed by atoms with Crippen LogP contribution in [0.5, 0.6) is 5.75 Å². The largest absolute Gasteiger partial charge is 0.462 e. The van der Waals surface area contributed by atoms with E-state index >= 15 is 0 Å². The molecular formula is C23H16F12O7S. The quantitative estimate of drug-likeness (QED) is 0.156. The van der Waals surface area contributed by atoms with Crippen LogP contribution in [0.25, 0.3) is 11.1 Å². The van der Waals surface area contributed by atoms with Crippen LogP contribution in [0.1, 0.15) is 40.1 Å². The van der Waals surface area contributed by atoms with E-state index in [1.54, 1.807) is 0 Å². The van der Waals surface area contributed by atoms with E-state index in [0.29, 0.717) is 30.3 Å². The predicted octanol–water partition coefficient (Wildman–Crippen LogP) is 6.86. The van der Waals surface area contributed by atoms with Gasteiger partial charge in [-0.25, -0.2) is 9.59 Å².